The summed E-state index contributed by atoms with van der Waals surface area (Å²) in [5.41, 5.74) is -1.02. The van der Waals surface area contributed by atoms with E-state index in [1.54, 1.807) is 7.11 Å². The van der Waals surface area contributed by atoms with Crippen molar-refractivity contribution in [1.29, 1.82) is 0 Å². The molecule has 0 amide bonds. The summed E-state index contributed by atoms with van der Waals surface area (Å²) < 4.78 is 11.4. The summed E-state index contributed by atoms with van der Waals surface area (Å²) in [6.45, 7) is 10.6. The van der Waals surface area contributed by atoms with Crippen molar-refractivity contribution in [1.82, 2.24) is 4.90 Å². The Morgan fingerprint density at radius 1 is 1.37 bits per heavy atom. The molecule has 4 nitrogen and oxygen atoms in total. The molecule has 0 radical (unpaired) electrons. The Labute approximate surface area is 116 Å². The van der Waals surface area contributed by atoms with E-state index in [4.69, 9.17) is 9.47 Å². The quantitative estimate of drug-likeness (QED) is 0.784. The van der Waals surface area contributed by atoms with Crippen molar-refractivity contribution in [2.45, 2.75) is 57.8 Å². The van der Waals surface area contributed by atoms with E-state index in [9.17, 15) is 4.79 Å². The summed E-state index contributed by atoms with van der Waals surface area (Å²) in [5, 5.41) is 0. The lowest BCUT2D eigenvalue weighted by Gasteiger charge is -2.35. The lowest BCUT2D eigenvalue weighted by molar-refractivity contribution is -0.132. The molecule has 0 aromatic heterocycles. The van der Waals surface area contributed by atoms with Crippen LogP contribution in [0.4, 0.5) is 0 Å². The molecule has 0 aliphatic carbocycles. The summed E-state index contributed by atoms with van der Waals surface area (Å²) >= 11 is 0. The summed E-state index contributed by atoms with van der Waals surface area (Å²) in [5.74, 6) is 0.190. The van der Waals surface area contributed by atoms with Crippen LogP contribution < -0.4 is 0 Å². The molecule has 0 N–H and O–H groups in total. The molecule has 110 valence electrons. The minimum absolute atomic E-state index is 0.0434. The van der Waals surface area contributed by atoms with Crippen LogP contribution in [0, 0.1) is 5.92 Å². The lowest BCUT2D eigenvalue weighted by atomic mass is 9.85. The Balaban J connectivity index is 2.04. The molecular weight excluding hydrogens is 242 g/mol. The first-order chi connectivity index (χ1) is 8.76. The van der Waals surface area contributed by atoms with Gasteiger partial charge in [-0.2, -0.15) is 0 Å². The number of carbonyl (C=O) groups is 1. The smallest absolute Gasteiger partial charge is 0.171 e. The number of nitrogens with zero attached hydrogens (tertiary/aromatic N) is 1. The average Bonchev–Trinajstić information content (AvgIpc) is 2.48. The zero-order chi connectivity index (χ0) is 14.3. The molecule has 0 spiro atoms. The van der Waals surface area contributed by atoms with E-state index in [-0.39, 0.29) is 17.3 Å². The molecule has 2 atom stereocenters. The monoisotopic (exact) mass is 269 g/mol. The SMILES string of the molecule is COC1CCCN(CC2C(=O)C(C)(C)OC2(C)C)C1. The molecule has 2 saturated heterocycles. The molecule has 2 fully saturated rings. The highest BCUT2D eigenvalue weighted by Crippen LogP contribution is 2.39. The maximum Gasteiger partial charge on any atom is 0.171 e. The Morgan fingerprint density at radius 3 is 2.58 bits per heavy atom. The Hall–Kier alpha value is -0.450. The summed E-state index contributed by atoms with van der Waals surface area (Å²) in [7, 11) is 1.77. The highest BCUT2D eigenvalue weighted by atomic mass is 16.5. The van der Waals surface area contributed by atoms with Gasteiger partial charge >= 0.3 is 0 Å². The fourth-order valence-corrected chi connectivity index (χ4v) is 3.45. The Kier molecular flexibility index (Phi) is 4.05. The first-order valence-corrected chi connectivity index (χ1v) is 7.26. The molecule has 0 bridgehead atoms. The number of carbonyl (C=O) groups excluding carboxylic acids is 1. The largest absolute Gasteiger partial charge is 0.380 e. The van der Waals surface area contributed by atoms with Crippen LogP contribution in [-0.4, -0.2) is 54.7 Å². The van der Waals surface area contributed by atoms with Crippen LogP contribution in [0.5, 0.6) is 0 Å². The van der Waals surface area contributed by atoms with E-state index in [1.165, 1.54) is 0 Å². The third-order valence-corrected chi connectivity index (χ3v) is 4.50. The topological polar surface area (TPSA) is 38.8 Å². The van der Waals surface area contributed by atoms with Crippen molar-refractivity contribution < 1.29 is 14.3 Å². The van der Waals surface area contributed by atoms with Crippen molar-refractivity contribution in [3.63, 3.8) is 0 Å². The van der Waals surface area contributed by atoms with Gasteiger partial charge in [-0.05, 0) is 47.1 Å². The van der Waals surface area contributed by atoms with Crippen LogP contribution in [-0.2, 0) is 14.3 Å². The van der Waals surface area contributed by atoms with Crippen LogP contribution in [0.3, 0.4) is 0 Å². The number of hydrogen-bond donors (Lipinski definition) is 0. The third kappa shape index (κ3) is 3.01. The normalized spacial score (nSPS) is 34.7. The average molecular weight is 269 g/mol. The van der Waals surface area contributed by atoms with Gasteiger partial charge in [-0.15, -0.1) is 0 Å². The first-order valence-electron chi connectivity index (χ1n) is 7.26. The molecule has 2 aliphatic rings. The maximum absolute atomic E-state index is 12.5. The number of piperidine rings is 1. The third-order valence-electron chi connectivity index (χ3n) is 4.50. The van der Waals surface area contributed by atoms with Crippen molar-refractivity contribution in [3.8, 4) is 0 Å². The predicted octanol–water partition coefficient (Wildman–Crippen LogP) is 1.87. The number of likely N-dealkylation sites (tertiary alicyclic amines) is 1. The minimum atomic E-state index is -0.648. The number of rotatable bonds is 3. The summed E-state index contributed by atoms with van der Waals surface area (Å²) in [6.07, 6.45) is 2.57. The molecule has 2 unspecified atom stereocenters. The van der Waals surface area contributed by atoms with Crippen LogP contribution in [0.25, 0.3) is 0 Å². The first kappa shape index (κ1) is 14.9. The summed E-state index contributed by atoms with van der Waals surface area (Å²) in [6, 6.07) is 0. The Bertz CT molecular complexity index is 351. The van der Waals surface area contributed by atoms with E-state index >= 15 is 0 Å². The highest BCUT2D eigenvalue weighted by Gasteiger charge is 2.53. The Morgan fingerprint density at radius 2 is 2.05 bits per heavy atom. The second kappa shape index (κ2) is 5.15. The van der Waals surface area contributed by atoms with E-state index in [0.717, 1.165) is 32.5 Å². The van der Waals surface area contributed by atoms with Crippen molar-refractivity contribution >= 4 is 5.78 Å². The van der Waals surface area contributed by atoms with Crippen LogP contribution >= 0.6 is 0 Å². The summed E-state index contributed by atoms with van der Waals surface area (Å²) in [4.78, 5) is 14.8. The van der Waals surface area contributed by atoms with E-state index in [0.29, 0.717) is 6.10 Å². The van der Waals surface area contributed by atoms with Crippen molar-refractivity contribution in [2.75, 3.05) is 26.7 Å². The molecule has 2 aliphatic heterocycles. The number of ether oxygens (including phenoxy) is 2. The second-order valence-corrected chi connectivity index (χ2v) is 6.89. The van der Waals surface area contributed by atoms with E-state index < -0.39 is 5.60 Å². The van der Waals surface area contributed by atoms with Crippen LogP contribution in [0.2, 0.25) is 0 Å². The minimum Gasteiger partial charge on any atom is -0.380 e. The molecule has 0 aromatic carbocycles. The van der Waals surface area contributed by atoms with Gasteiger partial charge in [-0.3, -0.25) is 9.69 Å². The van der Waals surface area contributed by atoms with Crippen molar-refractivity contribution in [3.05, 3.63) is 0 Å². The van der Waals surface area contributed by atoms with Gasteiger partial charge in [0, 0.05) is 20.2 Å². The van der Waals surface area contributed by atoms with Gasteiger partial charge in [-0.1, -0.05) is 0 Å². The molecule has 2 rings (SSSR count). The number of methoxy groups -OCH3 is 1. The standard InChI is InChI=1S/C15H27NO3/c1-14(2)12(13(17)15(3,4)19-14)10-16-8-6-7-11(9-16)18-5/h11-12H,6-10H2,1-5H3. The molecule has 2 heterocycles. The molecule has 19 heavy (non-hydrogen) atoms. The van der Waals surface area contributed by atoms with Gasteiger partial charge in [0.1, 0.15) is 5.60 Å². The van der Waals surface area contributed by atoms with Gasteiger partial charge < -0.3 is 9.47 Å². The molecule has 4 heteroatoms. The fourth-order valence-electron chi connectivity index (χ4n) is 3.45. The number of ketones is 1. The molecular formula is C15H27NO3. The van der Waals surface area contributed by atoms with Gasteiger partial charge in [0.15, 0.2) is 5.78 Å². The zero-order valence-electron chi connectivity index (χ0n) is 12.9. The molecule has 0 saturated carbocycles. The fraction of sp³-hybridized carbons (Fsp3) is 0.933. The highest BCUT2D eigenvalue weighted by molar-refractivity contribution is 5.91. The lowest BCUT2D eigenvalue weighted by Crippen LogP contribution is -2.46. The zero-order valence-corrected chi connectivity index (χ0v) is 12.9. The van der Waals surface area contributed by atoms with Crippen molar-refractivity contribution in [2.24, 2.45) is 5.92 Å². The second-order valence-electron chi connectivity index (χ2n) is 6.89. The van der Waals surface area contributed by atoms with Crippen LogP contribution in [0.1, 0.15) is 40.5 Å². The van der Waals surface area contributed by atoms with E-state index in [1.807, 2.05) is 27.7 Å². The van der Waals surface area contributed by atoms with Crippen LogP contribution in [0.15, 0.2) is 0 Å². The maximum atomic E-state index is 12.5. The molecule has 0 aromatic rings. The van der Waals surface area contributed by atoms with Gasteiger partial charge in [0.05, 0.1) is 17.6 Å². The van der Waals surface area contributed by atoms with Gasteiger partial charge in [-0.25, -0.2) is 0 Å². The van der Waals surface area contributed by atoms with E-state index in [2.05, 4.69) is 4.90 Å². The number of Topliss-reactive ketones (excluding diaryl/α,β-unsaturated/α-hetero) is 1. The predicted molar refractivity (Wildman–Crippen MR) is 74.2 cm³/mol. The van der Waals surface area contributed by atoms with Gasteiger partial charge in [0.25, 0.3) is 0 Å². The van der Waals surface area contributed by atoms with Gasteiger partial charge in [0.2, 0.25) is 0 Å². The number of hydrogen-bond acceptors (Lipinski definition) is 4.